The van der Waals surface area contributed by atoms with Crippen molar-refractivity contribution in [2.75, 3.05) is 0 Å². The van der Waals surface area contributed by atoms with E-state index in [1.807, 2.05) is 0 Å². The molecule has 0 fully saturated rings. The molecule has 0 amide bonds. The molecule has 1 N–H and O–H groups in total. The summed E-state index contributed by atoms with van der Waals surface area (Å²) in [4.78, 5) is 0. The van der Waals surface area contributed by atoms with Gasteiger partial charge >= 0.3 is 8.46 Å². The summed E-state index contributed by atoms with van der Waals surface area (Å²) in [7, 11) is -0.532. The van der Waals surface area contributed by atoms with Crippen molar-refractivity contribution < 1.29 is 9.67 Å². The van der Waals surface area contributed by atoms with E-state index >= 15 is 0 Å². The maximum absolute atomic E-state index is 10.4. The molecule has 0 aromatic heterocycles. The maximum Gasteiger partial charge on any atom is 0.364 e. The van der Waals surface area contributed by atoms with E-state index in [0.717, 1.165) is 0 Å². The van der Waals surface area contributed by atoms with E-state index in [1.165, 1.54) is 6.07 Å². The summed E-state index contributed by atoms with van der Waals surface area (Å²) in [5.74, 6) is 0.126. The first-order valence-electron chi connectivity index (χ1n) is 2.61. The minimum atomic E-state index is -0.532. The fourth-order valence-corrected chi connectivity index (χ4v) is 1.49. The Kier molecular flexibility index (Phi) is 2.41. The van der Waals surface area contributed by atoms with Crippen molar-refractivity contribution in [1.29, 1.82) is 0 Å². The number of phenolic OH excluding ortho intramolecular Hbond substituents is 1. The van der Waals surface area contributed by atoms with Crippen LogP contribution in [0.5, 0.6) is 5.75 Å². The van der Waals surface area contributed by atoms with Gasteiger partial charge in [0.25, 0.3) is 0 Å². The lowest BCUT2D eigenvalue weighted by Gasteiger charge is -1.91. The number of phenols is 1. The molecule has 4 heteroatoms. The molecule has 0 saturated carbocycles. The Bertz CT molecular complexity index is 262. The first-order valence-corrected chi connectivity index (χ1v) is 4.31. The van der Waals surface area contributed by atoms with Crippen LogP contribution in [0.2, 0.25) is 0 Å². The third-order valence-electron chi connectivity index (χ3n) is 1.09. The molecule has 0 aliphatic rings. The molecule has 1 rings (SSSR count). The van der Waals surface area contributed by atoms with Gasteiger partial charge in [-0.05, 0) is 28.1 Å². The van der Waals surface area contributed by atoms with Crippen LogP contribution in [0.25, 0.3) is 0 Å². The van der Waals surface area contributed by atoms with Gasteiger partial charge in [0.15, 0.2) is 0 Å². The Morgan fingerprint density at radius 2 is 2.20 bits per heavy atom. The van der Waals surface area contributed by atoms with Crippen molar-refractivity contribution in [3.63, 3.8) is 0 Å². The normalized spacial score (nSPS) is 10.1. The van der Waals surface area contributed by atoms with Crippen molar-refractivity contribution in [1.82, 2.24) is 0 Å². The Labute approximate surface area is 68.2 Å². The van der Waals surface area contributed by atoms with E-state index in [-0.39, 0.29) is 5.75 Å². The number of halogens is 1. The fourth-order valence-electron chi connectivity index (χ4n) is 0.599. The zero-order chi connectivity index (χ0) is 7.56. The highest BCUT2D eigenvalue weighted by molar-refractivity contribution is 9.10. The average molecular weight is 220 g/mol. The lowest BCUT2D eigenvalue weighted by atomic mass is 10.3. The van der Waals surface area contributed by atoms with Gasteiger partial charge < -0.3 is 5.11 Å². The number of hydrogen-bond acceptors (Lipinski definition) is 2. The molecule has 0 spiro atoms. The lowest BCUT2D eigenvalue weighted by molar-refractivity contribution is 0.472. The molecular weight excluding hydrogens is 215 g/mol. The lowest BCUT2D eigenvalue weighted by Crippen LogP contribution is -1.91. The molecule has 2 nitrogen and oxygen atoms in total. The summed E-state index contributed by atoms with van der Waals surface area (Å²) in [6.45, 7) is 0. The SMILES string of the molecule is O=[PH+]c1cccc(O)c1Br. The predicted molar refractivity (Wildman–Crippen MR) is 44.4 cm³/mol. The standard InChI is InChI=1S/C6H4BrO2P/c7-6-4(8)2-1-3-5(6)10-9/h1-3,8H/p+1. The Balaban J connectivity index is 3.27. The van der Waals surface area contributed by atoms with Gasteiger partial charge in [-0.25, -0.2) is 0 Å². The monoisotopic (exact) mass is 219 g/mol. The molecule has 52 valence electrons. The van der Waals surface area contributed by atoms with Crippen LogP contribution in [-0.4, -0.2) is 5.11 Å². The van der Waals surface area contributed by atoms with E-state index in [2.05, 4.69) is 15.9 Å². The highest BCUT2D eigenvalue weighted by Crippen LogP contribution is 2.22. The van der Waals surface area contributed by atoms with Crippen LogP contribution in [0.4, 0.5) is 0 Å². The highest BCUT2D eigenvalue weighted by Gasteiger charge is 2.08. The smallest absolute Gasteiger partial charge is 0.364 e. The second kappa shape index (κ2) is 3.13. The fraction of sp³-hybridized carbons (Fsp3) is 0. The molecule has 0 bridgehead atoms. The Morgan fingerprint density at radius 3 is 2.70 bits per heavy atom. The van der Waals surface area contributed by atoms with Crippen LogP contribution in [0.3, 0.4) is 0 Å². The zero-order valence-electron chi connectivity index (χ0n) is 4.97. The Hall–Kier alpha value is -0.400. The summed E-state index contributed by atoms with van der Waals surface area (Å²) in [6, 6.07) is 4.88. The zero-order valence-corrected chi connectivity index (χ0v) is 7.55. The molecular formula is C6H5BrO2P+. The first kappa shape index (κ1) is 7.70. The average Bonchev–Trinajstić information content (AvgIpc) is 1.95. The van der Waals surface area contributed by atoms with Gasteiger partial charge in [-0.15, -0.1) is 0 Å². The van der Waals surface area contributed by atoms with E-state index in [4.69, 9.17) is 5.11 Å². The van der Waals surface area contributed by atoms with Gasteiger partial charge in [-0.1, -0.05) is 10.6 Å². The van der Waals surface area contributed by atoms with Crippen LogP contribution in [0.1, 0.15) is 0 Å². The molecule has 0 radical (unpaired) electrons. The minimum Gasteiger partial charge on any atom is -0.507 e. The summed E-state index contributed by atoms with van der Waals surface area (Å²) >= 11 is 3.10. The first-order chi connectivity index (χ1) is 4.75. The number of hydrogen-bond donors (Lipinski definition) is 1. The van der Waals surface area contributed by atoms with Crippen LogP contribution < -0.4 is 5.30 Å². The molecule has 0 heterocycles. The van der Waals surface area contributed by atoms with Crippen molar-refractivity contribution in [2.45, 2.75) is 0 Å². The quantitative estimate of drug-likeness (QED) is 0.732. The van der Waals surface area contributed by atoms with Gasteiger partial charge in [0.1, 0.15) is 10.2 Å². The van der Waals surface area contributed by atoms with Crippen LogP contribution >= 0.6 is 24.4 Å². The molecule has 1 atom stereocenters. The number of benzene rings is 1. The number of aromatic hydroxyl groups is 1. The van der Waals surface area contributed by atoms with Crippen LogP contribution in [0.15, 0.2) is 22.7 Å². The van der Waals surface area contributed by atoms with Gasteiger partial charge in [-0.2, -0.15) is 0 Å². The highest BCUT2D eigenvalue weighted by atomic mass is 79.9. The maximum atomic E-state index is 10.4. The Morgan fingerprint density at radius 1 is 1.50 bits per heavy atom. The van der Waals surface area contributed by atoms with E-state index in [0.29, 0.717) is 9.78 Å². The minimum absolute atomic E-state index is 0.126. The topological polar surface area (TPSA) is 37.3 Å². The molecule has 0 aliphatic heterocycles. The van der Waals surface area contributed by atoms with E-state index < -0.39 is 8.46 Å². The summed E-state index contributed by atoms with van der Waals surface area (Å²) in [6.07, 6.45) is 0. The van der Waals surface area contributed by atoms with Crippen LogP contribution in [-0.2, 0) is 4.57 Å². The second-order valence-electron chi connectivity index (χ2n) is 1.74. The van der Waals surface area contributed by atoms with Crippen molar-refractivity contribution in [3.05, 3.63) is 22.7 Å². The van der Waals surface area contributed by atoms with Crippen molar-refractivity contribution >= 4 is 29.7 Å². The van der Waals surface area contributed by atoms with Crippen LogP contribution in [0, 0.1) is 0 Å². The van der Waals surface area contributed by atoms with E-state index in [1.54, 1.807) is 12.1 Å². The second-order valence-corrected chi connectivity index (χ2v) is 3.28. The van der Waals surface area contributed by atoms with Gasteiger partial charge in [0, 0.05) is 0 Å². The summed E-state index contributed by atoms with van der Waals surface area (Å²) in [5.41, 5.74) is 0. The molecule has 1 aromatic rings. The van der Waals surface area contributed by atoms with Crippen molar-refractivity contribution in [2.24, 2.45) is 0 Å². The molecule has 1 unspecified atom stereocenters. The van der Waals surface area contributed by atoms with Gasteiger partial charge in [0.05, 0.1) is 0 Å². The molecule has 0 saturated heterocycles. The largest absolute Gasteiger partial charge is 0.507 e. The van der Waals surface area contributed by atoms with Crippen molar-refractivity contribution in [3.8, 4) is 5.75 Å². The third-order valence-corrected chi connectivity index (χ3v) is 2.92. The van der Waals surface area contributed by atoms with Gasteiger partial charge in [-0.3, -0.25) is 0 Å². The van der Waals surface area contributed by atoms with Gasteiger partial charge in [0.2, 0.25) is 5.30 Å². The predicted octanol–water partition coefficient (Wildman–Crippen LogP) is 1.80. The molecule has 1 aromatic carbocycles. The van der Waals surface area contributed by atoms with E-state index in [9.17, 15) is 4.57 Å². The number of rotatable bonds is 1. The summed E-state index contributed by atoms with van der Waals surface area (Å²) < 4.78 is 10.9. The molecule has 0 aliphatic carbocycles. The third kappa shape index (κ3) is 1.36. The summed E-state index contributed by atoms with van der Waals surface area (Å²) in [5, 5.41) is 9.66. The molecule has 10 heavy (non-hydrogen) atoms.